The molecule has 1 aliphatic heterocycles. The third-order valence-corrected chi connectivity index (χ3v) is 5.02. The summed E-state index contributed by atoms with van der Waals surface area (Å²) in [5, 5.41) is 3.43. The maximum atomic E-state index is 11.1. The van der Waals surface area contributed by atoms with Crippen LogP contribution in [0.1, 0.15) is 58.3 Å². The van der Waals surface area contributed by atoms with Crippen molar-refractivity contribution < 1.29 is 9.53 Å². The van der Waals surface area contributed by atoms with Gasteiger partial charge in [-0.25, -0.2) is 0 Å². The van der Waals surface area contributed by atoms with Crippen molar-refractivity contribution in [1.82, 2.24) is 10.2 Å². The number of halogens is 1. The van der Waals surface area contributed by atoms with Crippen molar-refractivity contribution >= 4 is 35.9 Å². The van der Waals surface area contributed by atoms with Crippen LogP contribution in [-0.2, 0) is 9.53 Å². The van der Waals surface area contributed by atoms with Crippen LogP contribution in [0.4, 0.5) is 0 Å². The van der Waals surface area contributed by atoms with Crippen LogP contribution >= 0.6 is 24.0 Å². The number of guanidine groups is 1. The number of hydrogen-bond acceptors (Lipinski definition) is 3. The maximum absolute atomic E-state index is 11.1. The van der Waals surface area contributed by atoms with Gasteiger partial charge in [-0.1, -0.05) is 12.8 Å². The van der Waals surface area contributed by atoms with E-state index < -0.39 is 0 Å². The lowest BCUT2D eigenvalue weighted by molar-refractivity contribution is -0.140. The Morgan fingerprint density at radius 2 is 2.00 bits per heavy atom. The number of nitrogens with one attached hydrogen (secondary N) is 1. The summed E-state index contributed by atoms with van der Waals surface area (Å²) in [4.78, 5) is 18.3. The molecule has 23 heavy (non-hydrogen) atoms. The molecule has 0 radical (unpaired) electrons. The molecule has 1 N–H and O–H groups in total. The quantitative estimate of drug-likeness (QED) is 0.228. The first-order valence-corrected chi connectivity index (χ1v) is 8.79. The molecule has 0 unspecified atom stereocenters. The van der Waals surface area contributed by atoms with Crippen molar-refractivity contribution in [2.45, 2.75) is 58.3 Å². The molecule has 2 fully saturated rings. The highest BCUT2D eigenvalue weighted by Crippen LogP contribution is 2.45. The summed E-state index contributed by atoms with van der Waals surface area (Å²) >= 11 is 0. The SMILES string of the molecule is CCNC(=NCCCCC(=O)OC)N1CCC2(CCCC2)C1.I. The Kier molecular flexibility index (Phi) is 9.24. The maximum Gasteiger partial charge on any atom is 0.305 e. The van der Waals surface area contributed by atoms with Crippen LogP contribution in [0.5, 0.6) is 0 Å². The molecule has 5 nitrogen and oxygen atoms in total. The first-order chi connectivity index (χ1) is 10.7. The van der Waals surface area contributed by atoms with E-state index >= 15 is 0 Å². The number of aliphatic imine (C=N–C) groups is 1. The number of unbranched alkanes of at least 4 members (excludes halogenated alkanes) is 1. The minimum Gasteiger partial charge on any atom is -0.469 e. The molecule has 134 valence electrons. The highest BCUT2D eigenvalue weighted by atomic mass is 127. The van der Waals surface area contributed by atoms with Gasteiger partial charge >= 0.3 is 5.97 Å². The standard InChI is InChI=1S/C17H31N3O2.HI/c1-3-18-16(19-12-7-4-8-15(21)22-2)20-13-11-17(14-20)9-5-6-10-17;/h3-14H2,1-2H3,(H,18,19);1H. The number of carbonyl (C=O) groups excluding carboxylic acids is 1. The molecule has 1 heterocycles. The highest BCUT2D eigenvalue weighted by Gasteiger charge is 2.40. The number of carbonyl (C=O) groups is 1. The van der Waals surface area contributed by atoms with Crippen LogP contribution in [-0.4, -0.2) is 50.1 Å². The molecule has 1 aliphatic carbocycles. The Morgan fingerprint density at radius 3 is 2.65 bits per heavy atom. The summed E-state index contributed by atoms with van der Waals surface area (Å²) in [5.41, 5.74) is 0.571. The number of likely N-dealkylation sites (tertiary alicyclic amines) is 1. The molecule has 2 aliphatic rings. The fraction of sp³-hybridized carbons (Fsp3) is 0.882. The molecular formula is C17H32IN3O2. The topological polar surface area (TPSA) is 53.9 Å². The fourth-order valence-electron chi connectivity index (χ4n) is 3.74. The number of rotatable bonds is 6. The van der Waals surface area contributed by atoms with Gasteiger partial charge in [0.1, 0.15) is 0 Å². The van der Waals surface area contributed by atoms with E-state index in [9.17, 15) is 4.79 Å². The Labute approximate surface area is 157 Å². The molecule has 1 spiro atoms. The third kappa shape index (κ3) is 6.12. The third-order valence-electron chi connectivity index (χ3n) is 5.02. The predicted octanol–water partition coefficient (Wildman–Crippen LogP) is 3.18. The van der Waals surface area contributed by atoms with Crippen molar-refractivity contribution in [3.63, 3.8) is 0 Å². The highest BCUT2D eigenvalue weighted by molar-refractivity contribution is 14.0. The van der Waals surface area contributed by atoms with Gasteiger partial charge in [-0.2, -0.15) is 0 Å². The second-order valence-electron chi connectivity index (χ2n) is 6.65. The molecule has 0 aromatic rings. The van der Waals surface area contributed by atoms with Crippen LogP contribution in [0.2, 0.25) is 0 Å². The molecular weight excluding hydrogens is 405 g/mol. The number of hydrogen-bond donors (Lipinski definition) is 1. The van der Waals surface area contributed by atoms with Gasteiger partial charge in [0.15, 0.2) is 5.96 Å². The monoisotopic (exact) mass is 437 g/mol. The molecule has 0 atom stereocenters. The van der Waals surface area contributed by atoms with Gasteiger partial charge in [-0.3, -0.25) is 9.79 Å². The van der Waals surface area contributed by atoms with Gasteiger partial charge in [0.05, 0.1) is 7.11 Å². The summed E-state index contributed by atoms with van der Waals surface area (Å²) < 4.78 is 4.66. The van der Waals surface area contributed by atoms with E-state index in [0.717, 1.165) is 38.4 Å². The van der Waals surface area contributed by atoms with Crippen LogP contribution < -0.4 is 5.32 Å². The molecule has 2 rings (SSSR count). The lowest BCUT2D eigenvalue weighted by Crippen LogP contribution is -2.41. The van der Waals surface area contributed by atoms with Crippen LogP contribution in [0, 0.1) is 5.41 Å². The second-order valence-corrected chi connectivity index (χ2v) is 6.65. The largest absolute Gasteiger partial charge is 0.469 e. The molecule has 1 saturated carbocycles. The lowest BCUT2D eigenvalue weighted by Gasteiger charge is -2.26. The molecule has 6 heteroatoms. The molecule has 0 amide bonds. The number of nitrogens with zero attached hydrogens (tertiary/aromatic N) is 2. The lowest BCUT2D eigenvalue weighted by atomic mass is 9.86. The van der Waals surface area contributed by atoms with Gasteiger partial charge in [0.25, 0.3) is 0 Å². The van der Waals surface area contributed by atoms with E-state index in [1.54, 1.807) is 0 Å². The second kappa shape index (κ2) is 10.4. The summed E-state index contributed by atoms with van der Waals surface area (Å²) in [6.07, 6.45) is 9.17. The Hall–Kier alpha value is -0.530. The van der Waals surface area contributed by atoms with Gasteiger partial charge in [0.2, 0.25) is 0 Å². The van der Waals surface area contributed by atoms with Crippen LogP contribution in [0.15, 0.2) is 4.99 Å². The number of ether oxygens (including phenoxy) is 1. The van der Waals surface area contributed by atoms with E-state index in [1.807, 2.05) is 0 Å². The first kappa shape index (κ1) is 20.5. The zero-order valence-electron chi connectivity index (χ0n) is 14.6. The van der Waals surface area contributed by atoms with Crippen molar-refractivity contribution in [3.05, 3.63) is 0 Å². The van der Waals surface area contributed by atoms with Crippen molar-refractivity contribution in [1.29, 1.82) is 0 Å². The average molecular weight is 437 g/mol. The van der Waals surface area contributed by atoms with Gasteiger partial charge in [-0.15, -0.1) is 24.0 Å². The zero-order valence-corrected chi connectivity index (χ0v) is 16.9. The van der Waals surface area contributed by atoms with E-state index in [2.05, 4.69) is 21.9 Å². The first-order valence-electron chi connectivity index (χ1n) is 8.79. The Bertz CT molecular complexity index is 395. The fourth-order valence-corrected chi connectivity index (χ4v) is 3.74. The smallest absolute Gasteiger partial charge is 0.305 e. The summed E-state index contributed by atoms with van der Waals surface area (Å²) in [7, 11) is 1.44. The summed E-state index contributed by atoms with van der Waals surface area (Å²) in [6, 6.07) is 0. The van der Waals surface area contributed by atoms with E-state index in [0.29, 0.717) is 11.8 Å². The van der Waals surface area contributed by atoms with Crippen molar-refractivity contribution in [2.75, 3.05) is 33.3 Å². The summed E-state index contributed by atoms with van der Waals surface area (Å²) in [5.74, 6) is 0.933. The van der Waals surface area contributed by atoms with Gasteiger partial charge < -0.3 is 15.0 Å². The Balaban J connectivity index is 0.00000264. The molecule has 0 aromatic heterocycles. The molecule has 1 saturated heterocycles. The molecule has 0 aromatic carbocycles. The predicted molar refractivity (Wildman–Crippen MR) is 104 cm³/mol. The van der Waals surface area contributed by atoms with Crippen LogP contribution in [0.25, 0.3) is 0 Å². The molecule has 0 bridgehead atoms. The minimum atomic E-state index is -0.126. The Morgan fingerprint density at radius 1 is 1.26 bits per heavy atom. The van der Waals surface area contributed by atoms with Gasteiger partial charge in [0, 0.05) is 32.6 Å². The van der Waals surface area contributed by atoms with E-state index in [1.165, 1.54) is 45.8 Å². The zero-order chi connectivity index (χ0) is 15.8. The van der Waals surface area contributed by atoms with Gasteiger partial charge in [-0.05, 0) is 44.4 Å². The van der Waals surface area contributed by atoms with E-state index in [4.69, 9.17) is 4.99 Å². The van der Waals surface area contributed by atoms with Crippen molar-refractivity contribution in [2.24, 2.45) is 10.4 Å². The minimum absolute atomic E-state index is 0. The summed E-state index contributed by atoms with van der Waals surface area (Å²) in [6.45, 7) is 6.11. The van der Waals surface area contributed by atoms with Crippen molar-refractivity contribution in [3.8, 4) is 0 Å². The number of methoxy groups -OCH3 is 1. The van der Waals surface area contributed by atoms with Crippen LogP contribution in [0.3, 0.4) is 0 Å². The average Bonchev–Trinajstić information content (AvgIpc) is 3.16. The number of esters is 1. The van der Waals surface area contributed by atoms with E-state index in [-0.39, 0.29) is 29.9 Å². The normalized spacial score (nSPS) is 19.7.